The standard InChI is InChI=1S/C13H25BFNO4.C10H20O.C6H12O2/c1-8(2)19-11-10(7-18-15)20-13(14)12(11)17-6-5-9(3)16-4;1-2-3-4-5-6-7-8-9-10-11;1-2-3-4-5-6(7)8/h8-13,16H,5-7H2,1-4H3;10H,2-9H2,1H3;2-5H2,1H3,(H,7,8). The summed E-state index contributed by atoms with van der Waals surface area (Å²) < 4.78 is 29.1. The molecule has 2 radical (unpaired) electrons. The van der Waals surface area contributed by atoms with Crippen LogP contribution in [0.4, 0.5) is 4.53 Å². The van der Waals surface area contributed by atoms with E-state index in [1.807, 2.05) is 20.9 Å². The minimum Gasteiger partial charge on any atom is -0.481 e. The molecule has 0 bridgehead atoms. The summed E-state index contributed by atoms with van der Waals surface area (Å²) in [6.07, 6.45) is 13.5. The predicted molar refractivity (Wildman–Crippen MR) is 155 cm³/mol. The number of nitrogens with one attached hydrogen (secondary N) is 1. The molecule has 5 unspecified atom stereocenters. The number of carbonyl (C=O) groups excluding carboxylic acids is 1. The van der Waals surface area contributed by atoms with Crippen molar-refractivity contribution in [3.8, 4) is 0 Å². The molecule has 10 heteroatoms. The Morgan fingerprint density at radius 3 is 2.13 bits per heavy atom. The van der Waals surface area contributed by atoms with Gasteiger partial charge in [-0.15, -0.1) is 0 Å². The Kier molecular flexibility index (Phi) is 29.2. The second-order valence-corrected chi connectivity index (χ2v) is 10.3. The first-order valence-electron chi connectivity index (χ1n) is 14.9. The van der Waals surface area contributed by atoms with Crippen LogP contribution in [0.3, 0.4) is 0 Å². The summed E-state index contributed by atoms with van der Waals surface area (Å²) >= 11 is 0. The zero-order valence-corrected chi connectivity index (χ0v) is 25.5. The Labute approximate surface area is 238 Å². The fraction of sp³-hybridized carbons (Fsp3) is 0.931. The minimum absolute atomic E-state index is 0.0293. The summed E-state index contributed by atoms with van der Waals surface area (Å²) in [7, 11) is 7.79. The van der Waals surface area contributed by atoms with E-state index in [1.165, 1.54) is 38.5 Å². The number of halogens is 1. The Balaban J connectivity index is 0. The molecule has 0 aromatic heterocycles. The Bertz CT molecular complexity index is 560. The molecule has 2 N–H and O–H groups in total. The van der Waals surface area contributed by atoms with Crippen molar-refractivity contribution in [2.24, 2.45) is 0 Å². The van der Waals surface area contributed by atoms with Crippen LogP contribution in [0.25, 0.3) is 0 Å². The van der Waals surface area contributed by atoms with E-state index < -0.39 is 30.3 Å². The number of carboxylic acid groups (broad SMARTS) is 1. The molecular weight excluding hydrogens is 504 g/mol. The molecule has 0 saturated carbocycles. The van der Waals surface area contributed by atoms with Crippen molar-refractivity contribution in [3.05, 3.63) is 0 Å². The van der Waals surface area contributed by atoms with Gasteiger partial charge in [0.25, 0.3) is 0 Å². The zero-order valence-electron chi connectivity index (χ0n) is 25.5. The van der Waals surface area contributed by atoms with Gasteiger partial charge in [-0.25, -0.2) is 0 Å². The molecule has 1 heterocycles. The monoisotopic (exact) mass is 561 g/mol. The highest BCUT2D eigenvalue weighted by molar-refractivity contribution is 6.11. The van der Waals surface area contributed by atoms with E-state index in [0.29, 0.717) is 19.1 Å². The summed E-state index contributed by atoms with van der Waals surface area (Å²) in [6.45, 7) is 10.5. The van der Waals surface area contributed by atoms with Gasteiger partial charge in [0.1, 0.15) is 39.1 Å². The summed E-state index contributed by atoms with van der Waals surface area (Å²) in [6, 6.07) is -0.285. The molecule has 0 aromatic carbocycles. The fourth-order valence-electron chi connectivity index (χ4n) is 3.86. The van der Waals surface area contributed by atoms with Crippen molar-refractivity contribution >= 4 is 20.1 Å². The van der Waals surface area contributed by atoms with E-state index in [2.05, 4.69) is 31.0 Å². The number of unbranched alkanes of at least 4 members (excludes halogenated alkanes) is 9. The lowest BCUT2D eigenvalue weighted by Gasteiger charge is -2.26. The normalized spacial score (nSPS) is 21.0. The Hall–Kier alpha value is -1.07. The molecule has 5 atom stereocenters. The molecular formula is C29H57BFNO7. The SMILES string of the molecule is CCCCCC(=O)O.CCCCCCCCCC=O.[B]C1OC(COF)C(OC(C)C)C1OCCC(C)NC. The largest absolute Gasteiger partial charge is 0.481 e. The maximum atomic E-state index is 12.1. The van der Waals surface area contributed by atoms with Gasteiger partial charge in [0.05, 0.1) is 6.10 Å². The topological polar surface area (TPSA) is 103 Å². The number of carbonyl (C=O) groups is 2. The van der Waals surface area contributed by atoms with Gasteiger partial charge in [-0.1, -0.05) is 65.2 Å². The fourth-order valence-corrected chi connectivity index (χ4v) is 3.86. The van der Waals surface area contributed by atoms with E-state index in [9.17, 15) is 14.1 Å². The van der Waals surface area contributed by atoms with E-state index in [-0.39, 0.29) is 12.7 Å². The first-order valence-corrected chi connectivity index (χ1v) is 14.9. The number of rotatable bonds is 21. The third-order valence-corrected chi connectivity index (χ3v) is 6.28. The number of hydrogen-bond donors (Lipinski definition) is 2. The van der Waals surface area contributed by atoms with Crippen LogP contribution in [0.2, 0.25) is 0 Å². The maximum absolute atomic E-state index is 12.1. The average Bonchev–Trinajstić information content (AvgIpc) is 3.17. The summed E-state index contributed by atoms with van der Waals surface area (Å²) in [4.78, 5) is 23.5. The van der Waals surface area contributed by atoms with Crippen LogP contribution in [-0.4, -0.2) is 81.9 Å². The zero-order chi connectivity index (χ0) is 29.9. The van der Waals surface area contributed by atoms with Gasteiger partial charge in [-0.05, 0) is 51.6 Å². The molecule has 1 aliphatic heterocycles. The van der Waals surface area contributed by atoms with Gasteiger partial charge < -0.3 is 29.4 Å². The van der Waals surface area contributed by atoms with Gasteiger partial charge in [0, 0.05) is 31.5 Å². The van der Waals surface area contributed by atoms with Crippen molar-refractivity contribution in [2.45, 2.75) is 155 Å². The molecule has 1 aliphatic rings. The van der Waals surface area contributed by atoms with Crippen LogP contribution in [0.5, 0.6) is 0 Å². The Morgan fingerprint density at radius 1 is 1.03 bits per heavy atom. The molecule has 0 aromatic rings. The van der Waals surface area contributed by atoms with Gasteiger partial charge >= 0.3 is 5.97 Å². The number of aldehydes is 1. The predicted octanol–water partition coefficient (Wildman–Crippen LogP) is 5.94. The van der Waals surface area contributed by atoms with Crippen molar-refractivity contribution in [3.63, 3.8) is 0 Å². The van der Waals surface area contributed by atoms with Gasteiger partial charge in [0.15, 0.2) is 0 Å². The maximum Gasteiger partial charge on any atom is 0.303 e. The van der Waals surface area contributed by atoms with E-state index >= 15 is 0 Å². The first-order chi connectivity index (χ1) is 18.7. The highest BCUT2D eigenvalue weighted by Crippen LogP contribution is 2.27. The molecule has 230 valence electrons. The lowest BCUT2D eigenvalue weighted by molar-refractivity contribution is -0.178. The van der Waals surface area contributed by atoms with Crippen LogP contribution in [0, 0.1) is 0 Å². The summed E-state index contributed by atoms with van der Waals surface area (Å²) in [5.41, 5.74) is 0. The van der Waals surface area contributed by atoms with Crippen LogP contribution >= 0.6 is 0 Å². The third-order valence-electron chi connectivity index (χ3n) is 6.28. The molecule has 0 amide bonds. The van der Waals surface area contributed by atoms with Gasteiger partial charge in [-0.2, -0.15) is 4.94 Å². The quantitative estimate of drug-likeness (QED) is 0.101. The first kappa shape index (κ1) is 40.1. The average molecular weight is 562 g/mol. The van der Waals surface area contributed by atoms with E-state index in [0.717, 1.165) is 44.8 Å². The molecule has 1 saturated heterocycles. The molecule has 39 heavy (non-hydrogen) atoms. The molecule has 1 rings (SSSR count). The van der Waals surface area contributed by atoms with Crippen molar-refractivity contribution in [2.75, 3.05) is 20.3 Å². The van der Waals surface area contributed by atoms with Crippen LogP contribution < -0.4 is 5.32 Å². The van der Waals surface area contributed by atoms with E-state index in [1.54, 1.807) is 0 Å². The van der Waals surface area contributed by atoms with Crippen LogP contribution in [0.1, 0.15) is 118 Å². The summed E-state index contributed by atoms with van der Waals surface area (Å²) in [5, 5.41) is 11.3. The highest BCUT2D eigenvalue weighted by atomic mass is 19.3. The Morgan fingerprint density at radius 2 is 1.62 bits per heavy atom. The molecule has 8 nitrogen and oxygen atoms in total. The van der Waals surface area contributed by atoms with Crippen molar-refractivity contribution in [1.29, 1.82) is 0 Å². The number of aliphatic carboxylic acids is 1. The second-order valence-electron chi connectivity index (χ2n) is 10.3. The van der Waals surface area contributed by atoms with Crippen molar-refractivity contribution < 1.29 is 38.4 Å². The van der Waals surface area contributed by atoms with E-state index in [4.69, 9.17) is 27.2 Å². The molecule has 0 spiro atoms. The number of ether oxygens (including phenoxy) is 3. The molecule has 1 fully saturated rings. The number of hydrogen-bond acceptors (Lipinski definition) is 7. The highest BCUT2D eigenvalue weighted by Gasteiger charge is 2.44. The second kappa shape index (κ2) is 28.5. The smallest absolute Gasteiger partial charge is 0.303 e. The number of carboxylic acids is 1. The van der Waals surface area contributed by atoms with Gasteiger partial charge in [0.2, 0.25) is 0 Å². The van der Waals surface area contributed by atoms with Crippen LogP contribution in [0.15, 0.2) is 0 Å². The van der Waals surface area contributed by atoms with Crippen molar-refractivity contribution in [1.82, 2.24) is 5.32 Å². The van der Waals surface area contributed by atoms with Gasteiger partial charge in [-0.3, -0.25) is 4.79 Å². The lowest BCUT2D eigenvalue weighted by Crippen LogP contribution is -2.41. The summed E-state index contributed by atoms with van der Waals surface area (Å²) in [5.74, 6) is -0.682. The van der Waals surface area contributed by atoms with Crippen LogP contribution in [-0.2, 0) is 28.7 Å². The minimum atomic E-state index is -0.682. The third kappa shape index (κ3) is 24.5. The lowest BCUT2D eigenvalue weighted by atomic mass is 9.92. The molecule has 0 aliphatic carbocycles.